The Hall–Kier alpha value is -0.930. The molecule has 0 bridgehead atoms. The third-order valence-corrected chi connectivity index (χ3v) is 6.28. The summed E-state index contributed by atoms with van der Waals surface area (Å²) in [5.74, 6) is 0.933. The summed E-state index contributed by atoms with van der Waals surface area (Å²) >= 11 is 0. The number of rotatable bonds is 9. The molecule has 2 heterocycles. The van der Waals surface area contributed by atoms with Crippen molar-refractivity contribution in [1.29, 1.82) is 0 Å². The molecule has 0 unspecified atom stereocenters. The third-order valence-electron chi connectivity index (χ3n) is 6.28. The predicted molar refractivity (Wildman–Crippen MR) is 139 cm³/mol. The monoisotopic (exact) mass is 543 g/mol. The number of hydrogen-bond donors (Lipinski definition) is 2. The molecular weight excluding hydrogens is 501 g/mol. The average molecular weight is 544 g/mol. The van der Waals surface area contributed by atoms with Gasteiger partial charge in [-0.3, -0.25) is 14.9 Å². The van der Waals surface area contributed by atoms with E-state index in [1.165, 1.54) is 38.5 Å². The Balaban J connectivity index is 0.00000341. The number of aromatic nitrogens is 1. The second-order valence-electron chi connectivity index (χ2n) is 8.71. The van der Waals surface area contributed by atoms with E-state index in [0.717, 1.165) is 70.1 Å². The summed E-state index contributed by atoms with van der Waals surface area (Å²) in [6.07, 6.45) is 14.9. The van der Waals surface area contributed by atoms with Crippen molar-refractivity contribution in [3.05, 3.63) is 30.1 Å². The average Bonchev–Trinajstić information content (AvgIpc) is 3.06. The van der Waals surface area contributed by atoms with Crippen molar-refractivity contribution < 1.29 is 4.74 Å². The number of pyridine rings is 1. The molecule has 2 fully saturated rings. The summed E-state index contributed by atoms with van der Waals surface area (Å²) in [6.45, 7) is 5.00. The summed E-state index contributed by atoms with van der Waals surface area (Å²) in [4.78, 5) is 11.3. The highest BCUT2D eigenvalue weighted by Gasteiger charge is 2.20. The van der Waals surface area contributed by atoms with Crippen LogP contribution in [0.2, 0.25) is 0 Å². The Kier molecular flexibility index (Phi) is 13.4. The molecule has 6 nitrogen and oxygen atoms in total. The van der Waals surface area contributed by atoms with Crippen LogP contribution in [0.25, 0.3) is 0 Å². The van der Waals surface area contributed by atoms with E-state index in [2.05, 4.69) is 37.6 Å². The molecule has 1 saturated heterocycles. The first-order chi connectivity index (χ1) is 14.8. The van der Waals surface area contributed by atoms with Crippen molar-refractivity contribution >= 4 is 29.9 Å². The highest BCUT2D eigenvalue weighted by Crippen LogP contribution is 2.20. The van der Waals surface area contributed by atoms with Gasteiger partial charge in [-0.05, 0) is 50.7 Å². The maximum Gasteiger partial charge on any atom is 0.191 e. The molecule has 1 aliphatic heterocycles. The van der Waals surface area contributed by atoms with Gasteiger partial charge in [-0.25, -0.2) is 0 Å². The Morgan fingerprint density at radius 2 is 1.87 bits per heavy atom. The zero-order valence-electron chi connectivity index (χ0n) is 19.2. The smallest absolute Gasteiger partial charge is 0.191 e. The molecular formula is C24H42IN5O. The van der Waals surface area contributed by atoms with Crippen molar-refractivity contribution in [2.45, 2.75) is 82.9 Å². The fourth-order valence-electron chi connectivity index (χ4n) is 4.44. The molecule has 1 aromatic rings. The molecule has 7 heteroatoms. The number of aliphatic imine (C=N–C) groups is 1. The lowest BCUT2D eigenvalue weighted by Crippen LogP contribution is -2.48. The zero-order valence-corrected chi connectivity index (χ0v) is 21.6. The molecule has 2 N–H and O–H groups in total. The molecule has 0 radical (unpaired) electrons. The van der Waals surface area contributed by atoms with E-state index in [1.54, 1.807) is 0 Å². The molecule has 1 aromatic heterocycles. The van der Waals surface area contributed by atoms with Crippen LogP contribution in [0, 0.1) is 0 Å². The number of nitrogens with zero attached hydrogens (tertiary/aromatic N) is 3. The summed E-state index contributed by atoms with van der Waals surface area (Å²) in [7, 11) is 1.86. The molecule has 2 aliphatic rings. The van der Waals surface area contributed by atoms with Gasteiger partial charge in [0.05, 0.1) is 11.8 Å². The van der Waals surface area contributed by atoms with Crippen LogP contribution in [0.1, 0.15) is 69.9 Å². The second kappa shape index (κ2) is 15.8. The Bertz CT molecular complexity index is 599. The highest BCUT2D eigenvalue weighted by molar-refractivity contribution is 14.0. The predicted octanol–water partition coefficient (Wildman–Crippen LogP) is 4.35. The molecule has 3 rings (SSSR count). The lowest BCUT2D eigenvalue weighted by Gasteiger charge is -2.32. The quantitative estimate of drug-likeness (QED) is 0.160. The van der Waals surface area contributed by atoms with Gasteiger partial charge in [0.1, 0.15) is 0 Å². The standard InChI is InChI=1S/C24H41N5O.HI/c1-25-24(27-16-8-9-19-30-23-11-4-2-3-5-12-23)28-21-13-17-29(18-14-21)20-22-10-6-7-15-26-22;/h6-7,10,15,21,23H,2-5,8-9,11-14,16-20H2,1H3,(H2,25,27,28);1H. The summed E-state index contributed by atoms with van der Waals surface area (Å²) in [5, 5.41) is 7.08. The number of guanidine groups is 1. The van der Waals surface area contributed by atoms with E-state index in [4.69, 9.17) is 4.74 Å². The van der Waals surface area contributed by atoms with Crippen molar-refractivity contribution in [2.24, 2.45) is 4.99 Å². The minimum absolute atomic E-state index is 0. The van der Waals surface area contributed by atoms with Crippen LogP contribution in [0.5, 0.6) is 0 Å². The Labute approximate surface area is 206 Å². The van der Waals surface area contributed by atoms with Crippen molar-refractivity contribution in [1.82, 2.24) is 20.5 Å². The summed E-state index contributed by atoms with van der Waals surface area (Å²) < 4.78 is 6.09. The summed E-state index contributed by atoms with van der Waals surface area (Å²) in [5.41, 5.74) is 1.16. The van der Waals surface area contributed by atoms with Crippen molar-refractivity contribution in [2.75, 3.05) is 33.3 Å². The Morgan fingerprint density at radius 3 is 2.55 bits per heavy atom. The minimum atomic E-state index is 0. The van der Waals surface area contributed by atoms with Gasteiger partial charge >= 0.3 is 0 Å². The number of halogens is 1. The summed E-state index contributed by atoms with van der Waals surface area (Å²) in [6, 6.07) is 6.64. The zero-order chi connectivity index (χ0) is 20.9. The number of ether oxygens (including phenoxy) is 1. The van der Waals surface area contributed by atoms with Crippen LogP contribution in [-0.4, -0.2) is 61.3 Å². The first kappa shape index (κ1) is 26.3. The fraction of sp³-hybridized carbons (Fsp3) is 0.750. The van der Waals surface area contributed by atoms with Crippen molar-refractivity contribution in [3.8, 4) is 0 Å². The van der Waals surface area contributed by atoms with Gasteiger partial charge in [0.15, 0.2) is 5.96 Å². The molecule has 0 atom stereocenters. The van der Waals surface area contributed by atoms with Crippen LogP contribution in [0.4, 0.5) is 0 Å². The largest absolute Gasteiger partial charge is 0.378 e. The third kappa shape index (κ3) is 10.5. The van der Waals surface area contributed by atoms with Crippen LogP contribution < -0.4 is 10.6 Å². The van der Waals surface area contributed by atoms with E-state index >= 15 is 0 Å². The van der Waals surface area contributed by atoms with Gasteiger partial charge in [-0.15, -0.1) is 24.0 Å². The van der Waals surface area contributed by atoms with Gasteiger partial charge < -0.3 is 15.4 Å². The maximum absolute atomic E-state index is 6.09. The van der Waals surface area contributed by atoms with Crippen LogP contribution in [-0.2, 0) is 11.3 Å². The molecule has 1 aliphatic carbocycles. The lowest BCUT2D eigenvalue weighted by molar-refractivity contribution is 0.0411. The topological polar surface area (TPSA) is 61.8 Å². The highest BCUT2D eigenvalue weighted by atomic mass is 127. The number of piperidine rings is 1. The van der Waals surface area contributed by atoms with Crippen molar-refractivity contribution in [3.63, 3.8) is 0 Å². The molecule has 176 valence electrons. The number of unbranched alkanes of at least 4 members (excludes halogenated alkanes) is 1. The Morgan fingerprint density at radius 1 is 1.10 bits per heavy atom. The first-order valence-corrected chi connectivity index (χ1v) is 12.0. The van der Waals surface area contributed by atoms with E-state index in [9.17, 15) is 0 Å². The van der Waals surface area contributed by atoms with E-state index in [-0.39, 0.29) is 24.0 Å². The molecule has 0 amide bonds. The molecule has 0 aromatic carbocycles. The van der Waals surface area contributed by atoms with Gasteiger partial charge in [-0.2, -0.15) is 0 Å². The van der Waals surface area contributed by atoms with Gasteiger partial charge in [0.2, 0.25) is 0 Å². The van der Waals surface area contributed by atoms with Gasteiger partial charge in [0, 0.05) is 52.1 Å². The SMILES string of the molecule is CN=C(NCCCCOC1CCCCCC1)NC1CCN(Cc2ccccn2)CC1.I. The van der Waals surface area contributed by atoms with E-state index in [1.807, 2.05) is 19.3 Å². The number of nitrogens with one attached hydrogen (secondary N) is 2. The second-order valence-corrected chi connectivity index (χ2v) is 8.71. The van der Waals surface area contributed by atoms with Crippen LogP contribution >= 0.6 is 24.0 Å². The lowest BCUT2D eigenvalue weighted by atomic mass is 10.0. The van der Waals surface area contributed by atoms with E-state index in [0.29, 0.717) is 12.1 Å². The minimum Gasteiger partial charge on any atom is -0.378 e. The fourth-order valence-corrected chi connectivity index (χ4v) is 4.44. The molecule has 1 saturated carbocycles. The molecule has 0 spiro atoms. The number of hydrogen-bond acceptors (Lipinski definition) is 4. The first-order valence-electron chi connectivity index (χ1n) is 12.0. The van der Waals surface area contributed by atoms with Gasteiger partial charge in [-0.1, -0.05) is 31.7 Å². The molecule has 31 heavy (non-hydrogen) atoms. The van der Waals surface area contributed by atoms with Crippen LogP contribution in [0.3, 0.4) is 0 Å². The van der Waals surface area contributed by atoms with E-state index < -0.39 is 0 Å². The maximum atomic E-state index is 6.09. The van der Waals surface area contributed by atoms with Crippen LogP contribution in [0.15, 0.2) is 29.4 Å². The normalized spacial score (nSPS) is 19.5. The number of likely N-dealkylation sites (tertiary alicyclic amines) is 1. The van der Waals surface area contributed by atoms with Gasteiger partial charge in [0.25, 0.3) is 0 Å².